The van der Waals surface area contributed by atoms with Crippen LogP contribution in [0.15, 0.2) is 40.6 Å². The summed E-state index contributed by atoms with van der Waals surface area (Å²) in [6.07, 6.45) is 1.74. The molecule has 0 bridgehead atoms. The predicted octanol–water partition coefficient (Wildman–Crippen LogP) is 2.33. The molecule has 0 atom stereocenters. The van der Waals surface area contributed by atoms with Gasteiger partial charge in [-0.15, -0.1) is 11.3 Å². The molecule has 10 nitrogen and oxygen atoms in total. The van der Waals surface area contributed by atoms with Crippen LogP contribution in [-0.2, 0) is 6.54 Å². The van der Waals surface area contributed by atoms with Crippen molar-refractivity contribution in [1.82, 2.24) is 39.0 Å². The number of aromatic amines is 1. The third kappa shape index (κ3) is 3.66. The number of anilines is 1. The Kier molecular flexibility index (Phi) is 5.15. The molecule has 5 aromatic rings. The van der Waals surface area contributed by atoms with E-state index in [0.29, 0.717) is 35.0 Å². The van der Waals surface area contributed by atoms with E-state index in [9.17, 15) is 4.79 Å². The van der Waals surface area contributed by atoms with Crippen LogP contribution in [0.4, 0.5) is 5.69 Å². The minimum Gasteiger partial charge on any atom is -0.369 e. The van der Waals surface area contributed by atoms with Crippen LogP contribution < -0.4 is 10.6 Å². The number of piperazine rings is 1. The highest BCUT2D eigenvalue weighted by Gasteiger charge is 2.22. The molecule has 0 amide bonds. The summed E-state index contributed by atoms with van der Waals surface area (Å²) in [4.78, 5) is 35.8. The van der Waals surface area contributed by atoms with Gasteiger partial charge in [-0.25, -0.2) is 29.4 Å². The van der Waals surface area contributed by atoms with Crippen LogP contribution >= 0.6 is 11.3 Å². The fourth-order valence-corrected chi connectivity index (χ4v) is 5.16. The fraction of sp³-hybridized carbons (Fsp3) is 0.348. The average Bonchev–Trinajstić information content (AvgIpc) is 3.55. The van der Waals surface area contributed by atoms with E-state index in [4.69, 9.17) is 0 Å². The van der Waals surface area contributed by atoms with Gasteiger partial charge >= 0.3 is 5.69 Å². The maximum absolute atomic E-state index is 12.8. The van der Waals surface area contributed by atoms with Gasteiger partial charge < -0.3 is 4.90 Å². The number of benzene rings is 1. The lowest BCUT2D eigenvalue weighted by molar-refractivity contribution is 0.248. The van der Waals surface area contributed by atoms with Crippen molar-refractivity contribution in [1.29, 1.82) is 0 Å². The monoisotopic (exact) mass is 475 g/mol. The van der Waals surface area contributed by atoms with Crippen molar-refractivity contribution < 1.29 is 0 Å². The van der Waals surface area contributed by atoms with Gasteiger partial charge in [0, 0.05) is 56.5 Å². The lowest BCUT2D eigenvalue weighted by atomic mass is 10.2. The van der Waals surface area contributed by atoms with E-state index in [2.05, 4.69) is 66.0 Å². The number of imidazole rings is 1. The molecule has 1 aliphatic heterocycles. The molecule has 4 aromatic heterocycles. The Labute approximate surface area is 199 Å². The summed E-state index contributed by atoms with van der Waals surface area (Å²) < 4.78 is 3.39. The van der Waals surface area contributed by atoms with Gasteiger partial charge in [-0.1, -0.05) is 17.7 Å². The Morgan fingerprint density at radius 1 is 1.00 bits per heavy atom. The number of thiazole rings is 1. The maximum Gasteiger partial charge on any atom is 0.343 e. The van der Waals surface area contributed by atoms with Gasteiger partial charge in [-0.3, -0.25) is 9.47 Å². The van der Waals surface area contributed by atoms with Crippen LogP contribution in [0, 0.1) is 13.8 Å². The minimum atomic E-state index is -0.187. The van der Waals surface area contributed by atoms with Gasteiger partial charge in [0.1, 0.15) is 22.0 Å². The highest BCUT2D eigenvalue weighted by atomic mass is 32.1. The first-order chi connectivity index (χ1) is 16.6. The molecule has 174 valence electrons. The van der Waals surface area contributed by atoms with Crippen molar-refractivity contribution in [3.05, 3.63) is 57.7 Å². The molecular weight excluding hydrogens is 450 g/mol. The lowest BCUT2D eigenvalue weighted by Gasteiger charge is -2.36. The van der Waals surface area contributed by atoms with E-state index in [0.717, 1.165) is 37.7 Å². The number of hydrogen-bond donors (Lipinski definition) is 1. The van der Waals surface area contributed by atoms with Gasteiger partial charge in [0.15, 0.2) is 5.65 Å². The number of aromatic nitrogens is 7. The van der Waals surface area contributed by atoms with Gasteiger partial charge in [-0.2, -0.15) is 4.98 Å². The van der Waals surface area contributed by atoms with Crippen molar-refractivity contribution in [2.45, 2.75) is 20.4 Å². The zero-order valence-corrected chi connectivity index (χ0v) is 19.9. The van der Waals surface area contributed by atoms with Gasteiger partial charge in [-0.05, 0) is 26.0 Å². The lowest BCUT2D eigenvalue weighted by Crippen LogP contribution is -2.47. The second-order valence-corrected chi connectivity index (χ2v) is 9.50. The fourth-order valence-electron chi connectivity index (χ4n) is 4.53. The van der Waals surface area contributed by atoms with Crippen LogP contribution in [-0.4, -0.2) is 71.7 Å². The van der Waals surface area contributed by atoms with E-state index in [1.807, 2.05) is 12.3 Å². The topological polar surface area (TPSA) is 100 Å². The molecule has 1 aliphatic rings. The molecule has 0 aliphatic carbocycles. The Hall–Kier alpha value is -3.57. The molecule has 1 N–H and O–H groups in total. The quantitative estimate of drug-likeness (QED) is 0.416. The van der Waals surface area contributed by atoms with Crippen LogP contribution in [0.5, 0.6) is 0 Å². The van der Waals surface area contributed by atoms with Crippen LogP contribution in [0.25, 0.3) is 27.6 Å². The molecule has 0 spiro atoms. The molecule has 1 saturated heterocycles. The standard InChI is InChI=1S/C23H25N9OS/c1-15-3-5-17(6-4-15)30-11-8-29(9-12-30)10-13-31-22-27-20-19(32(22)28-23(31)33)18(25-16(2)26-20)21-24-7-14-34-21/h3-7,14H,8-13H2,1-2H3,(H,28,33). The van der Waals surface area contributed by atoms with Gasteiger partial charge in [0.25, 0.3) is 0 Å². The third-order valence-electron chi connectivity index (χ3n) is 6.35. The van der Waals surface area contributed by atoms with Crippen molar-refractivity contribution in [2.75, 3.05) is 37.6 Å². The number of aryl methyl sites for hydroxylation is 2. The minimum absolute atomic E-state index is 0.187. The van der Waals surface area contributed by atoms with Crippen LogP contribution in [0.1, 0.15) is 11.4 Å². The summed E-state index contributed by atoms with van der Waals surface area (Å²) in [6, 6.07) is 8.69. The Morgan fingerprint density at radius 3 is 2.53 bits per heavy atom. The number of H-pyrrole nitrogens is 1. The molecule has 34 heavy (non-hydrogen) atoms. The largest absolute Gasteiger partial charge is 0.369 e. The Morgan fingerprint density at radius 2 is 1.79 bits per heavy atom. The predicted molar refractivity (Wildman–Crippen MR) is 133 cm³/mol. The van der Waals surface area contributed by atoms with E-state index < -0.39 is 0 Å². The van der Waals surface area contributed by atoms with E-state index >= 15 is 0 Å². The van der Waals surface area contributed by atoms with Gasteiger partial charge in [0.2, 0.25) is 5.78 Å². The van der Waals surface area contributed by atoms with E-state index in [-0.39, 0.29) is 5.69 Å². The SMILES string of the molecule is Cc1ccc(N2CCN(CCn3c(=O)[nH]n4c5c(-c6nccs6)nc(C)nc5nc34)CC2)cc1. The average molecular weight is 476 g/mol. The molecule has 6 rings (SSSR count). The number of nitrogens with zero attached hydrogens (tertiary/aromatic N) is 8. The van der Waals surface area contributed by atoms with Gasteiger partial charge in [0.05, 0.1) is 0 Å². The smallest absolute Gasteiger partial charge is 0.343 e. The zero-order valence-electron chi connectivity index (χ0n) is 19.1. The molecule has 11 heteroatoms. The van der Waals surface area contributed by atoms with Crippen molar-refractivity contribution in [2.24, 2.45) is 0 Å². The second kappa shape index (κ2) is 8.33. The molecule has 0 saturated carbocycles. The van der Waals surface area contributed by atoms with Crippen LogP contribution in [0.2, 0.25) is 0 Å². The van der Waals surface area contributed by atoms with E-state index in [1.165, 1.54) is 22.6 Å². The first kappa shape index (κ1) is 21.0. The number of rotatable bonds is 5. The second-order valence-electron chi connectivity index (χ2n) is 8.61. The molecule has 5 heterocycles. The van der Waals surface area contributed by atoms with E-state index in [1.54, 1.807) is 15.3 Å². The highest BCUT2D eigenvalue weighted by molar-refractivity contribution is 7.13. The highest BCUT2D eigenvalue weighted by Crippen LogP contribution is 2.27. The third-order valence-corrected chi connectivity index (χ3v) is 7.13. The summed E-state index contributed by atoms with van der Waals surface area (Å²) in [6.45, 7) is 9.14. The van der Waals surface area contributed by atoms with Crippen molar-refractivity contribution in [3.8, 4) is 10.7 Å². The van der Waals surface area contributed by atoms with Crippen molar-refractivity contribution >= 4 is 34.0 Å². The first-order valence-corrected chi connectivity index (χ1v) is 12.2. The molecule has 0 unspecified atom stereocenters. The first-order valence-electron chi connectivity index (χ1n) is 11.4. The number of nitrogens with one attached hydrogen (secondary N) is 1. The summed E-state index contributed by atoms with van der Waals surface area (Å²) in [5.74, 6) is 1.18. The number of hydrogen-bond acceptors (Lipinski definition) is 8. The molecule has 0 radical (unpaired) electrons. The maximum atomic E-state index is 12.8. The Balaban J connectivity index is 1.23. The van der Waals surface area contributed by atoms with Crippen LogP contribution in [0.3, 0.4) is 0 Å². The Bertz CT molecular complexity index is 1510. The number of fused-ring (bicyclic) bond motifs is 3. The molecule has 1 aromatic carbocycles. The summed E-state index contributed by atoms with van der Waals surface area (Å²) >= 11 is 1.50. The summed E-state index contributed by atoms with van der Waals surface area (Å²) in [5, 5.41) is 5.61. The summed E-state index contributed by atoms with van der Waals surface area (Å²) in [7, 11) is 0. The summed E-state index contributed by atoms with van der Waals surface area (Å²) in [5.41, 5.74) is 4.28. The zero-order chi connectivity index (χ0) is 23.2. The molecule has 1 fully saturated rings. The van der Waals surface area contributed by atoms with Crippen molar-refractivity contribution in [3.63, 3.8) is 0 Å². The molecular formula is C23H25N9OS. The normalized spacial score (nSPS) is 15.1.